The third-order valence-electron chi connectivity index (χ3n) is 7.44. The second-order valence-corrected chi connectivity index (χ2v) is 8.33. The van der Waals surface area contributed by atoms with Crippen molar-refractivity contribution in [3.05, 3.63) is 23.8 Å². The van der Waals surface area contributed by atoms with Gasteiger partial charge in [0.25, 0.3) is 0 Å². The zero-order chi connectivity index (χ0) is 18.5. The van der Waals surface area contributed by atoms with E-state index in [0.717, 1.165) is 37.7 Å². The normalized spacial score (nSPS) is 42.2. The molecule has 140 valence electrons. The number of methoxy groups -OCH3 is 2. The van der Waals surface area contributed by atoms with Gasteiger partial charge >= 0.3 is 11.9 Å². The van der Waals surface area contributed by atoms with E-state index in [1.807, 2.05) is 6.08 Å². The van der Waals surface area contributed by atoms with Gasteiger partial charge in [-0.1, -0.05) is 17.7 Å². The molecule has 0 heterocycles. The van der Waals surface area contributed by atoms with Crippen LogP contribution in [0.2, 0.25) is 0 Å². The lowest BCUT2D eigenvalue weighted by atomic mass is 9.41. The number of allylic oxidation sites excluding steroid dienone is 3. The Morgan fingerprint density at radius 1 is 1.23 bits per heavy atom. The highest BCUT2D eigenvalue weighted by Gasteiger charge is 2.66. The summed E-state index contributed by atoms with van der Waals surface area (Å²) < 4.78 is 10.1. The molecule has 1 spiro atoms. The smallest absolute Gasteiger partial charge is 0.330 e. The van der Waals surface area contributed by atoms with Crippen molar-refractivity contribution in [1.29, 1.82) is 0 Å². The van der Waals surface area contributed by atoms with Crippen LogP contribution in [0.3, 0.4) is 0 Å². The zero-order valence-electron chi connectivity index (χ0n) is 15.5. The monoisotopic (exact) mass is 358 g/mol. The van der Waals surface area contributed by atoms with E-state index in [4.69, 9.17) is 9.47 Å². The van der Waals surface area contributed by atoms with Crippen molar-refractivity contribution in [3.8, 4) is 0 Å². The van der Waals surface area contributed by atoms with E-state index < -0.39 is 16.8 Å². The maximum atomic E-state index is 13.1. The lowest BCUT2D eigenvalue weighted by molar-refractivity contribution is -0.176. The third kappa shape index (κ3) is 2.18. The Kier molecular flexibility index (Phi) is 4.08. The summed E-state index contributed by atoms with van der Waals surface area (Å²) in [5.41, 5.74) is -0.336. The molecule has 0 aromatic carbocycles. The summed E-state index contributed by atoms with van der Waals surface area (Å²) in [6.45, 7) is 0. The highest BCUT2D eigenvalue weighted by Crippen LogP contribution is 2.66. The number of carbonyl (C=O) groups is 3. The molecule has 4 unspecified atom stereocenters. The van der Waals surface area contributed by atoms with Crippen LogP contribution in [0.5, 0.6) is 0 Å². The molecule has 5 aliphatic rings. The maximum Gasteiger partial charge on any atom is 0.330 e. The molecule has 4 fully saturated rings. The second-order valence-electron chi connectivity index (χ2n) is 8.33. The first-order chi connectivity index (χ1) is 12.5. The summed E-state index contributed by atoms with van der Waals surface area (Å²) in [7, 11) is 2.79. The molecule has 5 heteroatoms. The van der Waals surface area contributed by atoms with Crippen molar-refractivity contribution in [2.45, 2.75) is 44.9 Å². The van der Waals surface area contributed by atoms with Gasteiger partial charge in [0, 0.05) is 18.4 Å². The number of fused-ring (bicyclic) bond motifs is 3. The Morgan fingerprint density at radius 3 is 2.73 bits per heavy atom. The molecule has 26 heavy (non-hydrogen) atoms. The predicted molar refractivity (Wildman–Crippen MR) is 93.9 cm³/mol. The topological polar surface area (TPSA) is 69.7 Å². The van der Waals surface area contributed by atoms with Crippen molar-refractivity contribution in [1.82, 2.24) is 0 Å². The van der Waals surface area contributed by atoms with Gasteiger partial charge in [0.1, 0.15) is 5.78 Å². The first-order valence-corrected chi connectivity index (χ1v) is 9.57. The van der Waals surface area contributed by atoms with E-state index in [-0.39, 0.29) is 23.6 Å². The standard InChI is InChI=1S/C21H26O5/c1-25-18(23)12-14-4-3-7-21(19(24)26-2)15(14)6-9-20-8-5-13(10-16(20)21)11-17(20)22/h6,9,12-13,15-16H,3-5,7-8,10-11H2,1-2H3/b14-12+/t13?,15?,16?,20-,21?/m0/s1. The Labute approximate surface area is 153 Å². The van der Waals surface area contributed by atoms with E-state index >= 15 is 0 Å². The lowest BCUT2D eigenvalue weighted by Crippen LogP contribution is -2.62. The minimum Gasteiger partial charge on any atom is -0.469 e. The third-order valence-corrected chi connectivity index (χ3v) is 7.44. The molecule has 0 N–H and O–H groups in total. The molecule has 0 radical (unpaired) electrons. The van der Waals surface area contributed by atoms with Crippen LogP contribution in [0.25, 0.3) is 0 Å². The molecule has 0 saturated heterocycles. The van der Waals surface area contributed by atoms with Crippen LogP contribution in [-0.4, -0.2) is 31.9 Å². The molecular weight excluding hydrogens is 332 g/mol. The minimum absolute atomic E-state index is 0.0289. The fourth-order valence-corrected chi connectivity index (χ4v) is 6.33. The maximum absolute atomic E-state index is 13.1. The Balaban J connectivity index is 1.87. The van der Waals surface area contributed by atoms with Gasteiger partial charge in [-0.2, -0.15) is 0 Å². The molecule has 5 nitrogen and oxygen atoms in total. The van der Waals surface area contributed by atoms with Gasteiger partial charge in [0.15, 0.2) is 0 Å². The van der Waals surface area contributed by atoms with Gasteiger partial charge < -0.3 is 9.47 Å². The lowest BCUT2D eigenvalue weighted by Gasteiger charge is -2.61. The number of ether oxygens (including phenoxy) is 2. The van der Waals surface area contributed by atoms with Crippen molar-refractivity contribution >= 4 is 17.7 Å². The summed E-state index contributed by atoms with van der Waals surface area (Å²) in [6, 6.07) is 0. The Bertz CT molecular complexity index is 720. The SMILES string of the molecule is COC(=O)/C=C1\CCCC2(C(=O)OC)C1C=C[C@]13CCC(CC1=O)CC23. The quantitative estimate of drug-likeness (QED) is 0.431. The van der Waals surface area contributed by atoms with Gasteiger partial charge in [-0.15, -0.1) is 0 Å². The molecule has 0 aromatic rings. The van der Waals surface area contributed by atoms with Gasteiger partial charge in [-0.3, -0.25) is 9.59 Å². The van der Waals surface area contributed by atoms with E-state index in [0.29, 0.717) is 18.8 Å². The number of rotatable bonds is 2. The molecule has 5 aliphatic carbocycles. The van der Waals surface area contributed by atoms with Crippen molar-refractivity contribution in [2.24, 2.45) is 28.6 Å². The van der Waals surface area contributed by atoms with Crippen LogP contribution >= 0.6 is 0 Å². The van der Waals surface area contributed by atoms with Crippen LogP contribution in [0.15, 0.2) is 23.8 Å². The van der Waals surface area contributed by atoms with Gasteiger partial charge in [0.05, 0.1) is 25.0 Å². The zero-order valence-corrected chi connectivity index (χ0v) is 15.5. The number of hydrogen-bond acceptors (Lipinski definition) is 5. The average molecular weight is 358 g/mol. The number of ketones is 1. The molecule has 4 saturated carbocycles. The fourth-order valence-electron chi connectivity index (χ4n) is 6.33. The largest absolute Gasteiger partial charge is 0.469 e. The number of hydrogen-bond donors (Lipinski definition) is 0. The first-order valence-electron chi connectivity index (χ1n) is 9.57. The molecular formula is C21H26O5. The van der Waals surface area contributed by atoms with Gasteiger partial charge in [-0.25, -0.2) is 4.79 Å². The molecule has 0 aromatic heterocycles. The first kappa shape index (κ1) is 17.5. The predicted octanol–water partition coefficient (Wildman–Crippen LogP) is 2.99. The van der Waals surface area contributed by atoms with Crippen LogP contribution in [0, 0.1) is 28.6 Å². The number of Topliss-reactive ketones (excluding diaryl/α,β-unsaturated/α-hetero) is 1. The molecule has 0 amide bonds. The van der Waals surface area contributed by atoms with Crippen LogP contribution in [-0.2, 0) is 23.9 Å². The average Bonchev–Trinajstić information content (AvgIpc) is 2.66. The summed E-state index contributed by atoms with van der Waals surface area (Å²) in [5, 5.41) is 0. The van der Waals surface area contributed by atoms with E-state index in [1.165, 1.54) is 20.3 Å². The molecule has 5 atom stereocenters. The summed E-state index contributed by atoms with van der Waals surface area (Å²) in [5.74, 6) is -0.183. The van der Waals surface area contributed by atoms with Crippen molar-refractivity contribution in [3.63, 3.8) is 0 Å². The molecule has 0 aliphatic heterocycles. The van der Waals surface area contributed by atoms with Crippen molar-refractivity contribution < 1.29 is 23.9 Å². The Hall–Kier alpha value is -1.91. The second kappa shape index (κ2) is 6.07. The highest BCUT2D eigenvalue weighted by molar-refractivity contribution is 5.92. The van der Waals surface area contributed by atoms with Gasteiger partial charge in [-0.05, 0) is 50.4 Å². The van der Waals surface area contributed by atoms with E-state index in [1.54, 1.807) is 0 Å². The van der Waals surface area contributed by atoms with Crippen LogP contribution in [0.4, 0.5) is 0 Å². The number of esters is 2. The molecule has 2 bridgehead atoms. The Morgan fingerprint density at radius 2 is 2.04 bits per heavy atom. The summed E-state index contributed by atoms with van der Waals surface area (Å²) >= 11 is 0. The van der Waals surface area contributed by atoms with E-state index in [9.17, 15) is 14.4 Å². The fraction of sp³-hybridized carbons (Fsp3) is 0.667. The highest BCUT2D eigenvalue weighted by atomic mass is 16.5. The van der Waals surface area contributed by atoms with Crippen molar-refractivity contribution in [2.75, 3.05) is 14.2 Å². The summed E-state index contributed by atoms with van der Waals surface area (Å²) in [4.78, 5) is 38.0. The minimum atomic E-state index is -0.740. The van der Waals surface area contributed by atoms with Gasteiger partial charge in [0.2, 0.25) is 0 Å². The summed E-state index contributed by atoms with van der Waals surface area (Å²) in [6.07, 6.45) is 11.3. The van der Waals surface area contributed by atoms with Crippen LogP contribution < -0.4 is 0 Å². The van der Waals surface area contributed by atoms with Crippen LogP contribution in [0.1, 0.15) is 44.9 Å². The molecule has 5 rings (SSSR count). The number of carbonyl (C=O) groups excluding carboxylic acids is 3. The van der Waals surface area contributed by atoms with E-state index in [2.05, 4.69) is 6.08 Å².